The van der Waals surface area contributed by atoms with Crippen LogP contribution in [0.1, 0.15) is 15.3 Å². The number of nitrogens with zero attached hydrogens (tertiary/aromatic N) is 1. The van der Waals surface area contributed by atoms with Crippen LogP contribution < -0.4 is 5.32 Å². The molecule has 1 aromatic carbocycles. The Morgan fingerprint density at radius 2 is 1.91 bits per heavy atom. The average Bonchev–Trinajstić information content (AvgIpc) is 3.12. The number of pyridine rings is 1. The topological polar surface area (TPSA) is 42.0 Å². The Morgan fingerprint density at radius 3 is 2.65 bits per heavy atom. The summed E-state index contributed by atoms with van der Waals surface area (Å²) in [6.07, 6.45) is 5.51. The molecule has 112 valence electrons. The van der Waals surface area contributed by atoms with Crippen molar-refractivity contribution >= 4 is 34.6 Å². The van der Waals surface area contributed by atoms with E-state index in [1.54, 1.807) is 23.7 Å². The summed E-state index contributed by atoms with van der Waals surface area (Å²) in [4.78, 5) is 18.8. The third-order valence-corrected chi connectivity index (χ3v) is 4.81. The molecule has 3 nitrogen and oxygen atoms in total. The number of thiophene rings is 1. The maximum absolute atomic E-state index is 12.4. The first-order valence-corrected chi connectivity index (χ1v) is 8.17. The molecule has 1 amide bonds. The van der Waals surface area contributed by atoms with E-state index >= 15 is 0 Å². The van der Waals surface area contributed by atoms with Crippen molar-refractivity contribution in [2.75, 3.05) is 5.32 Å². The second-order valence-corrected chi connectivity index (χ2v) is 6.74. The van der Waals surface area contributed by atoms with Gasteiger partial charge < -0.3 is 5.32 Å². The number of hydrogen-bond acceptors (Lipinski definition) is 3. The smallest absolute Gasteiger partial charge is 0.256 e. The fourth-order valence-electron chi connectivity index (χ4n) is 2.83. The van der Waals surface area contributed by atoms with Crippen LogP contribution in [-0.4, -0.2) is 10.9 Å². The number of anilines is 1. The lowest BCUT2D eigenvalue weighted by Crippen LogP contribution is -2.03. The fourth-order valence-corrected chi connectivity index (χ4v) is 3.65. The second kappa shape index (κ2) is 5.48. The summed E-state index contributed by atoms with van der Waals surface area (Å²) in [5.41, 5.74) is 4.65. The Labute approximate surface area is 138 Å². The highest BCUT2D eigenvalue weighted by Crippen LogP contribution is 2.40. The Morgan fingerprint density at radius 1 is 1.09 bits per heavy atom. The lowest BCUT2D eigenvalue weighted by atomic mass is 9.95. The summed E-state index contributed by atoms with van der Waals surface area (Å²) in [6, 6.07) is 14.0. The molecule has 3 heterocycles. The molecular weight excluding hydrogens is 304 g/mol. The minimum Gasteiger partial charge on any atom is -0.321 e. The van der Waals surface area contributed by atoms with E-state index in [2.05, 4.69) is 23.3 Å². The van der Waals surface area contributed by atoms with Crippen LogP contribution in [0.3, 0.4) is 0 Å². The van der Waals surface area contributed by atoms with Gasteiger partial charge in [-0.05, 0) is 54.5 Å². The highest BCUT2D eigenvalue weighted by atomic mass is 32.1. The van der Waals surface area contributed by atoms with Crippen molar-refractivity contribution in [3.8, 4) is 11.1 Å². The summed E-state index contributed by atoms with van der Waals surface area (Å²) in [5, 5.41) is 2.97. The molecule has 0 saturated carbocycles. The standard InChI is InChI=1S/C19H14N2OS/c1-12-5-6-14(23-12)11-16-18-15(13-7-9-20-10-8-13)3-2-4-17(18)21-19(16)22/h2-11H,1H3,(H,21,22). The molecule has 0 bridgehead atoms. The van der Waals surface area contributed by atoms with Crippen molar-refractivity contribution in [3.05, 3.63) is 70.2 Å². The van der Waals surface area contributed by atoms with Gasteiger partial charge >= 0.3 is 0 Å². The van der Waals surface area contributed by atoms with Crippen LogP contribution in [0.2, 0.25) is 0 Å². The molecule has 4 rings (SSSR count). The Balaban J connectivity index is 1.91. The monoisotopic (exact) mass is 318 g/mol. The molecule has 3 aromatic rings. The van der Waals surface area contributed by atoms with Crippen molar-refractivity contribution in [1.29, 1.82) is 0 Å². The molecule has 4 heteroatoms. The molecule has 0 atom stereocenters. The number of benzene rings is 1. The molecular formula is C19H14N2OS. The van der Waals surface area contributed by atoms with E-state index < -0.39 is 0 Å². The van der Waals surface area contributed by atoms with Gasteiger partial charge in [-0.1, -0.05) is 12.1 Å². The molecule has 0 spiro atoms. The third-order valence-electron chi connectivity index (χ3n) is 3.87. The molecule has 1 N–H and O–H groups in total. The summed E-state index contributed by atoms with van der Waals surface area (Å²) >= 11 is 1.69. The summed E-state index contributed by atoms with van der Waals surface area (Å²) < 4.78 is 0. The number of amides is 1. The van der Waals surface area contributed by atoms with Gasteiger partial charge in [-0.2, -0.15) is 0 Å². The van der Waals surface area contributed by atoms with Crippen LogP contribution in [-0.2, 0) is 4.79 Å². The van der Waals surface area contributed by atoms with E-state index in [9.17, 15) is 4.79 Å². The zero-order valence-electron chi connectivity index (χ0n) is 12.5. The molecule has 2 aromatic heterocycles. The van der Waals surface area contributed by atoms with Gasteiger partial charge in [-0.25, -0.2) is 0 Å². The van der Waals surface area contributed by atoms with E-state index in [0.29, 0.717) is 5.57 Å². The van der Waals surface area contributed by atoms with Gasteiger partial charge in [-0.15, -0.1) is 11.3 Å². The lowest BCUT2D eigenvalue weighted by molar-refractivity contribution is -0.110. The van der Waals surface area contributed by atoms with Gasteiger partial charge in [0.1, 0.15) is 0 Å². The quantitative estimate of drug-likeness (QED) is 0.701. The van der Waals surface area contributed by atoms with Crippen molar-refractivity contribution in [2.24, 2.45) is 0 Å². The van der Waals surface area contributed by atoms with Crippen LogP contribution in [0.15, 0.2) is 54.9 Å². The van der Waals surface area contributed by atoms with E-state index in [1.807, 2.05) is 42.5 Å². The number of carbonyl (C=O) groups is 1. The maximum Gasteiger partial charge on any atom is 0.256 e. The van der Waals surface area contributed by atoms with Crippen LogP contribution in [0, 0.1) is 6.92 Å². The summed E-state index contributed by atoms with van der Waals surface area (Å²) in [5.74, 6) is -0.0486. The largest absolute Gasteiger partial charge is 0.321 e. The van der Waals surface area contributed by atoms with Crippen molar-refractivity contribution < 1.29 is 4.79 Å². The number of nitrogens with one attached hydrogen (secondary N) is 1. The Hall–Kier alpha value is -2.72. The van der Waals surface area contributed by atoms with E-state index in [4.69, 9.17) is 0 Å². The minimum atomic E-state index is -0.0486. The molecule has 0 aliphatic carbocycles. The molecule has 23 heavy (non-hydrogen) atoms. The summed E-state index contributed by atoms with van der Waals surface area (Å²) in [7, 11) is 0. The Kier molecular flexibility index (Phi) is 3.32. The lowest BCUT2D eigenvalue weighted by Gasteiger charge is -2.08. The fraction of sp³-hybridized carbons (Fsp3) is 0.0526. The average molecular weight is 318 g/mol. The number of hydrogen-bond donors (Lipinski definition) is 1. The van der Waals surface area contributed by atoms with Crippen LogP contribution in [0.5, 0.6) is 0 Å². The predicted molar refractivity (Wildman–Crippen MR) is 95.2 cm³/mol. The maximum atomic E-state index is 12.4. The highest BCUT2D eigenvalue weighted by molar-refractivity contribution is 7.12. The van der Waals surface area contributed by atoms with Crippen molar-refractivity contribution in [3.63, 3.8) is 0 Å². The van der Waals surface area contributed by atoms with Crippen LogP contribution in [0.4, 0.5) is 5.69 Å². The third kappa shape index (κ3) is 2.47. The highest BCUT2D eigenvalue weighted by Gasteiger charge is 2.27. The first kappa shape index (κ1) is 13.9. The van der Waals surface area contributed by atoms with Crippen LogP contribution >= 0.6 is 11.3 Å². The number of carbonyl (C=O) groups excluding carboxylic acids is 1. The van der Waals surface area contributed by atoms with E-state index in [-0.39, 0.29) is 5.91 Å². The van der Waals surface area contributed by atoms with Gasteiger partial charge in [0.15, 0.2) is 0 Å². The molecule has 0 radical (unpaired) electrons. The van der Waals surface area contributed by atoms with Gasteiger partial charge in [-0.3, -0.25) is 9.78 Å². The van der Waals surface area contributed by atoms with Gasteiger partial charge in [0.05, 0.1) is 5.57 Å². The van der Waals surface area contributed by atoms with Crippen LogP contribution in [0.25, 0.3) is 22.8 Å². The second-order valence-electron chi connectivity index (χ2n) is 5.42. The number of rotatable bonds is 2. The van der Waals surface area contributed by atoms with Gasteiger partial charge in [0.25, 0.3) is 5.91 Å². The Bertz CT molecular complexity index is 926. The van der Waals surface area contributed by atoms with E-state index in [0.717, 1.165) is 27.3 Å². The first-order chi connectivity index (χ1) is 11.2. The van der Waals surface area contributed by atoms with Crippen molar-refractivity contribution in [1.82, 2.24) is 4.98 Å². The zero-order valence-corrected chi connectivity index (χ0v) is 13.4. The van der Waals surface area contributed by atoms with Crippen molar-refractivity contribution in [2.45, 2.75) is 6.92 Å². The molecule has 1 aliphatic heterocycles. The number of aryl methyl sites for hydroxylation is 1. The predicted octanol–water partition coefficient (Wildman–Crippen LogP) is 4.61. The molecule has 1 aliphatic rings. The summed E-state index contributed by atoms with van der Waals surface area (Å²) in [6.45, 7) is 2.07. The van der Waals surface area contributed by atoms with E-state index in [1.165, 1.54) is 4.88 Å². The van der Waals surface area contributed by atoms with Gasteiger partial charge in [0, 0.05) is 33.4 Å². The minimum absolute atomic E-state index is 0.0486. The normalized spacial score (nSPS) is 14.8. The molecule has 0 saturated heterocycles. The molecule has 0 fully saturated rings. The number of aromatic nitrogens is 1. The molecule has 0 unspecified atom stereocenters. The first-order valence-electron chi connectivity index (χ1n) is 7.35. The SMILES string of the molecule is Cc1ccc(C=C2C(=O)Nc3cccc(-c4ccncc4)c32)s1. The number of fused-ring (bicyclic) bond motifs is 1. The van der Waals surface area contributed by atoms with Gasteiger partial charge in [0.2, 0.25) is 0 Å². The zero-order chi connectivity index (χ0) is 15.8.